The van der Waals surface area contributed by atoms with Gasteiger partial charge in [0.1, 0.15) is 0 Å². The average molecular weight is 428 g/mol. The van der Waals surface area contributed by atoms with E-state index in [4.69, 9.17) is 13.9 Å². The highest BCUT2D eigenvalue weighted by Crippen LogP contribution is 2.33. The van der Waals surface area contributed by atoms with Crippen molar-refractivity contribution in [3.05, 3.63) is 48.0 Å². The van der Waals surface area contributed by atoms with Gasteiger partial charge in [-0.15, -0.1) is 16.9 Å². The number of rotatable bonds is 9. The molecule has 7 nitrogen and oxygen atoms in total. The molecule has 0 aliphatic rings. The molecule has 0 unspecified atom stereocenters. The number of nitrogens with one attached hydrogen (secondary N) is 1. The lowest BCUT2D eigenvalue weighted by Gasteiger charge is -2.11. The molecule has 0 radical (unpaired) electrons. The second-order valence-corrected chi connectivity index (χ2v) is 8.24. The lowest BCUT2D eigenvalue weighted by atomic mass is 10.2. The second-order valence-electron chi connectivity index (χ2n) is 6.59. The molecule has 158 valence electrons. The topological polar surface area (TPSA) is 86.5 Å². The fourth-order valence-corrected chi connectivity index (χ4v) is 3.62. The van der Waals surface area contributed by atoms with E-state index in [1.54, 1.807) is 36.0 Å². The van der Waals surface area contributed by atoms with Gasteiger partial charge in [0.25, 0.3) is 5.91 Å². The van der Waals surface area contributed by atoms with Crippen molar-refractivity contribution in [3.8, 4) is 23.0 Å². The zero-order chi connectivity index (χ0) is 21.5. The van der Waals surface area contributed by atoms with Crippen molar-refractivity contribution >= 4 is 23.7 Å². The van der Waals surface area contributed by atoms with E-state index >= 15 is 0 Å². The van der Waals surface area contributed by atoms with Gasteiger partial charge in [-0.3, -0.25) is 10.1 Å². The summed E-state index contributed by atoms with van der Waals surface area (Å²) in [4.78, 5) is 13.6. The molecule has 0 aliphatic carbocycles. The standard InChI is InChI=1S/C22H25N3O4S/c1-5-27-18-11-10-16(13-19(18)28-6-2)21-24-25-22(29-21)23-20(26)15-8-7-9-17(12-15)30-14(3)4/h7-14H,5-6H2,1-4H3,(H,23,25,26). The van der Waals surface area contributed by atoms with Crippen LogP contribution in [0.15, 0.2) is 51.8 Å². The fraction of sp³-hybridized carbons (Fsp3) is 0.318. The van der Waals surface area contributed by atoms with Crippen molar-refractivity contribution < 1.29 is 18.7 Å². The molecule has 0 spiro atoms. The van der Waals surface area contributed by atoms with Crippen LogP contribution in [-0.2, 0) is 0 Å². The van der Waals surface area contributed by atoms with E-state index in [1.807, 2.05) is 32.0 Å². The molecule has 0 atom stereocenters. The molecule has 3 rings (SSSR count). The van der Waals surface area contributed by atoms with Gasteiger partial charge in [0.05, 0.1) is 13.2 Å². The minimum atomic E-state index is -0.307. The quantitative estimate of drug-likeness (QED) is 0.465. The van der Waals surface area contributed by atoms with E-state index in [9.17, 15) is 4.79 Å². The Labute approximate surface area is 180 Å². The van der Waals surface area contributed by atoms with E-state index in [1.165, 1.54) is 0 Å². The minimum absolute atomic E-state index is 0.0313. The van der Waals surface area contributed by atoms with Gasteiger partial charge in [-0.1, -0.05) is 25.0 Å². The highest BCUT2D eigenvalue weighted by molar-refractivity contribution is 7.99. The number of anilines is 1. The summed E-state index contributed by atoms with van der Waals surface area (Å²) in [5, 5.41) is 11.1. The number of thioether (sulfide) groups is 1. The Bertz CT molecular complexity index is 1000. The molecule has 0 saturated heterocycles. The van der Waals surface area contributed by atoms with Crippen LogP contribution in [0.1, 0.15) is 38.1 Å². The van der Waals surface area contributed by atoms with Gasteiger partial charge < -0.3 is 13.9 Å². The molecule has 8 heteroatoms. The van der Waals surface area contributed by atoms with Crippen LogP contribution in [0.5, 0.6) is 11.5 Å². The predicted octanol–water partition coefficient (Wildman–Crippen LogP) is 5.29. The summed E-state index contributed by atoms with van der Waals surface area (Å²) in [5.41, 5.74) is 1.20. The van der Waals surface area contributed by atoms with Gasteiger partial charge in [0.2, 0.25) is 5.89 Å². The number of aromatic nitrogens is 2. The van der Waals surface area contributed by atoms with Gasteiger partial charge in [0, 0.05) is 21.3 Å². The number of ether oxygens (including phenoxy) is 2. The molecule has 1 amide bonds. The Morgan fingerprint density at radius 1 is 1.07 bits per heavy atom. The van der Waals surface area contributed by atoms with Crippen molar-refractivity contribution in [2.45, 2.75) is 37.8 Å². The summed E-state index contributed by atoms with van der Waals surface area (Å²) >= 11 is 1.69. The van der Waals surface area contributed by atoms with Crippen molar-refractivity contribution in [1.29, 1.82) is 0 Å². The first-order valence-electron chi connectivity index (χ1n) is 9.81. The van der Waals surface area contributed by atoms with Crippen molar-refractivity contribution in [1.82, 2.24) is 10.2 Å². The Kier molecular flexibility index (Phi) is 7.35. The maximum absolute atomic E-state index is 12.6. The summed E-state index contributed by atoms with van der Waals surface area (Å²) in [6.07, 6.45) is 0. The number of hydrogen-bond acceptors (Lipinski definition) is 7. The van der Waals surface area contributed by atoms with Crippen LogP contribution in [0, 0.1) is 0 Å². The molecular formula is C22H25N3O4S. The predicted molar refractivity (Wildman–Crippen MR) is 117 cm³/mol. The first-order chi connectivity index (χ1) is 14.5. The Balaban J connectivity index is 1.75. The van der Waals surface area contributed by atoms with E-state index in [0.717, 1.165) is 4.90 Å². The first kappa shape index (κ1) is 21.7. The summed E-state index contributed by atoms with van der Waals surface area (Å²) in [6.45, 7) is 9.06. The molecule has 1 heterocycles. The Morgan fingerprint density at radius 2 is 1.83 bits per heavy atom. The van der Waals surface area contributed by atoms with Crippen LogP contribution in [0.3, 0.4) is 0 Å². The van der Waals surface area contributed by atoms with Gasteiger partial charge in [-0.2, -0.15) is 0 Å². The highest BCUT2D eigenvalue weighted by atomic mass is 32.2. The Morgan fingerprint density at radius 3 is 2.57 bits per heavy atom. The normalized spacial score (nSPS) is 10.8. The monoisotopic (exact) mass is 427 g/mol. The highest BCUT2D eigenvalue weighted by Gasteiger charge is 2.15. The maximum Gasteiger partial charge on any atom is 0.322 e. The molecule has 2 aromatic carbocycles. The first-order valence-corrected chi connectivity index (χ1v) is 10.7. The lowest BCUT2D eigenvalue weighted by molar-refractivity contribution is 0.102. The molecule has 30 heavy (non-hydrogen) atoms. The summed E-state index contributed by atoms with van der Waals surface area (Å²) < 4.78 is 16.8. The second kappa shape index (κ2) is 10.2. The summed E-state index contributed by atoms with van der Waals surface area (Å²) in [7, 11) is 0. The number of hydrogen-bond donors (Lipinski definition) is 1. The molecule has 0 bridgehead atoms. The van der Waals surface area contributed by atoms with E-state index < -0.39 is 0 Å². The molecule has 1 N–H and O–H groups in total. The van der Waals surface area contributed by atoms with E-state index in [2.05, 4.69) is 29.4 Å². The van der Waals surface area contributed by atoms with Crippen LogP contribution < -0.4 is 14.8 Å². The summed E-state index contributed by atoms with van der Waals surface area (Å²) in [5.74, 6) is 1.21. The third-order valence-corrected chi connectivity index (χ3v) is 4.90. The van der Waals surface area contributed by atoms with Crippen LogP contribution in [0.25, 0.3) is 11.5 Å². The smallest absolute Gasteiger partial charge is 0.322 e. The van der Waals surface area contributed by atoms with Crippen molar-refractivity contribution in [3.63, 3.8) is 0 Å². The fourth-order valence-electron chi connectivity index (χ4n) is 2.73. The minimum Gasteiger partial charge on any atom is -0.490 e. The van der Waals surface area contributed by atoms with Crippen molar-refractivity contribution in [2.75, 3.05) is 18.5 Å². The average Bonchev–Trinajstić information content (AvgIpc) is 3.18. The molecule has 0 fully saturated rings. The van der Waals surface area contributed by atoms with Gasteiger partial charge >= 0.3 is 6.01 Å². The number of benzene rings is 2. The third kappa shape index (κ3) is 5.54. The van der Waals surface area contributed by atoms with Crippen molar-refractivity contribution in [2.24, 2.45) is 0 Å². The van der Waals surface area contributed by atoms with Crippen LogP contribution in [0.2, 0.25) is 0 Å². The zero-order valence-corrected chi connectivity index (χ0v) is 18.3. The van der Waals surface area contributed by atoms with E-state index in [0.29, 0.717) is 41.1 Å². The molecule has 3 aromatic rings. The maximum atomic E-state index is 12.6. The van der Waals surface area contributed by atoms with Gasteiger partial charge in [-0.05, 0) is 50.2 Å². The summed E-state index contributed by atoms with van der Waals surface area (Å²) in [6, 6.07) is 12.8. The molecule has 1 aromatic heterocycles. The van der Waals surface area contributed by atoms with Crippen LogP contribution >= 0.6 is 11.8 Å². The van der Waals surface area contributed by atoms with Gasteiger partial charge in [0.15, 0.2) is 11.5 Å². The van der Waals surface area contributed by atoms with Gasteiger partial charge in [-0.25, -0.2) is 0 Å². The largest absolute Gasteiger partial charge is 0.490 e. The zero-order valence-electron chi connectivity index (χ0n) is 17.5. The number of amides is 1. The number of carbonyl (C=O) groups is 1. The Hall–Kier alpha value is -3.00. The molecule has 0 saturated carbocycles. The lowest BCUT2D eigenvalue weighted by Crippen LogP contribution is -2.12. The van der Waals surface area contributed by atoms with Crippen LogP contribution in [0.4, 0.5) is 6.01 Å². The van der Waals surface area contributed by atoms with Crippen LogP contribution in [-0.4, -0.2) is 34.6 Å². The van der Waals surface area contributed by atoms with E-state index in [-0.39, 0.29) is 17.8 Å². The third-order valence-electron chi connectivity index (χ3n) is 3.90. The number of nitrogens with zero attached hydrogens (tertiary/aromatic N) is 2. The SMILES string of the molecule is CCOc1ccc(-c2nnc(NC(=O)c3cccc(SC(C)C)c3)o2)cc1OCC. The molecular weight excluding hydrogens is 402 g/mol. The number of carbonyl (C=O) groups excluding carboxylic acids is 1. The molecule has 0 aliphatic heterocycles.